The SMILES string of the molecule is Cc1cc(C(C)N)c2nc(N3CCCC(C)(C)C3)n(C)c(=O)c2c1. The van der Waals surface area contributed by atoms with Gasteiger partial charge in [0.1, 0.15) is 0 Å². The minimum atomic E-state index is -0.155. The molecule has 1 aliphatic rings. The largest absolute Gasteiger partial charge is 0.342 e. The highest BCUT2D eigenvalue weighted by Crippen LogP contribution is 2.31. The molecule has 3 rings (SSSR count). The fraction of sp³-hybridized carbons (Fsp3) is 0.579. The van der Waals surface area contributed by atoms with Crippen molar-refractivity contribution in [3.8, 4) is 0 Å². The lowest BCUT2D eigenvalue weighted by atomic mass is 9.84. The number of fused-ring (bicyclic) bond motifs is 1. The summed E-state index contributed by atoms with van der Waals surface area (Å²) in [6, 6.07) is 3.81. The van der Waals surface area contributed by atoms with E-state index in [4.69, 9.17) is 10.7 Å². The smallest absolute Gasteiger partial charge is 0.262 e. The van der Waals surface area contributed by atoms with Gasteiger partial charge in [-0.15, -0.1) is 0 Å². The molecule has 1 aromatic carbocycles. The van der Waals surface area contributed by atoms with Gasteiger partial charge in [-0.2, -0.15) is 0 Å². The molecule has 0 amide bonds. The molecule has 0 saturated carbocycles. The Labute approximate surface area is 143 Å². The van der Waals surface area contributed by atoms with Crippen LogP contribution in [0.25, 0.3) is 10.9 Å². The molecule has 1 unspecified atom stereocenters. The molecule has 130 valence electrons. The van der Waals surface area contributed by atoms with Crippen LogP contribution in [0.5, 0.6) is 0 Å². The van der Waals surface area contributed by atoms with Crippen molar-refractivity contribution in [1.82, 2.24) is 9.55 Å². The maximum absolute atomic E-state index is 12.9. The Morgan fingerprint density at radius 1 is 1.33 bits per heavy atom. The van der Waals surface area contributed by atoms with E-state index in [9.17, 15) is 4.79 Å². The number of rotatable bonds is 2. The molecule has 2 aromatic rings. The maximum Gasteiger partial charge on any atom is 0.262 e. The van der Waals surface area contributed by atoms with Gasteiger partial charge in [0, 0.05) is 26.2 Å². The highest BCUT2D eigenvalue weighted by molar-refractivity contribution is 5.83. The minimum absolute atomic E-state index is 0.00368. The van der Waals surface area contributed by atoms with Gasteiger partial charge in [-0.3, -0.25) is 9.36 Å². The predicted molar refractivity (Wildman–Crippen MR) is 99.6 cm³/mol. The van der Waals surface area contributed by atoms with E-state index >= 15 is 0 Å². The highest BCUT2D eigenvalue weighted by atomic mass is 16.1. The molecule has 2 heterocycles. The summed E-state index contributed by atoms with van der Waals surface area (Å²) in [6.07, 6.45) is 2.32. The second-order valence-corrected chi connectivity index (χ2v) is 8.00. The number of benzene rings is 1. The summed E-state index contributed by atoms with van der Waals surface area (Å²) >= 11 is 0. The quantitative estimate of drug-likeness (QED) is 0.920. The van der Waals surface area contributed by atoms with Crippen LogP contribution in [0.4, 0.5) is 5.95 Å². The Bertz CT molecular complexity index is 835. The van der Waals surface area contributed by atoms with E-state index in [0.29, 0.717) is 5.39 Å². The average molecular weight is 328 g/mol. The molecule has 1 aromatic heterocycles. The molecule has 1 atom stereocenters. The minimum Gasteiger partial charge on any atom is -0.342 e. The summed E-state index contributed by atoms with van der Waals surface area (Å²) in [4.78, 5) is 20.1. The van der Waals surface area contributed by atoms with Crippen LogP contribution >= 0.6 is 0 Å². The Morgan fingerprint density at radius 3 is 2.67 bits per heavy atom. The van der Waals surface area contributed by atoms with Crippen LogP contribution in [0.15, 0.2) is 16.9 Å². The number of aryl methyl sites for hydroxylation is 1. The Kier molecular flexibility index (Phi) is 4.16. The summed E-state index contributed by atoms with van der Waals surface area (Å²) in [5.41, 5.74) is 9.12. The number of aromatic nitrogens is 2. The van der Waals surface area contributed by atoms with Crippen LogP contribution in [0.3, 0.4) is 0 Å². The van der Waals surface area contributed by atoms with Crippen LogP contribution < -0.4 is 16.2 Å². The first-order chi connectivity index (χ1) is 11.2. The van der Waals surface area contributed by atoms with Crippen molar-refractivity contribution in [1.29, 1.82) is 0 Å². The summed E-state index contributed by atoms with van der Waals surface area (Å²) < 4.78 is 1.69. The molecule has 5 heteroatoms. The van der Waals surface area contributed by atoms with E-state index < -0.39 is 0 Å². The van der Waals surface area contributed by atoms with Gasteiger partial charge in [-0.1, -0.05) is 19.9 Å². The van der Waals surface area contributed by atoms with E-state index in [0.717, 1.165) is 42.1 Å². The maximum atomic E-state index is 12.9. The first-order valence-electron chi connectivity index (χ1n) is 8.71. The first kappa shape index (κ1) is 17.0. The van der Waals surface area contributed by atoms with Gasteiger partial charge in [0.15, 0.2) is 0 Å². The zero-order valence-electron chi connectivity index (χ0n) is 15.4. The first-order valence-corrected chi connectivity index (χ1v) is 8.71. The Hall–Kier alpha value is -1.88. The third-order valence-electron chi connectivity index (χ3n) is 5.00. The van der Waals surface area contributed by atoms with Crippen LogP contribution in [0, 0.1) is 12.3 Å². The molecule has 24 heavy (non-hydrogen) atoms. The molecular weight excluding hydrogens is 300 g/mol. The van der Waals surface area contributed by atoms with Crippen LogP contribution in [-0.2, 0) is 7.05 Å². The Balaban J connectivity index is 2.23. The third-order valence-corrected chi connectivity index (χ3v) is 5.00. The van der Waals surface area contributed by atoms with Crippen LogP contribution in [0.2, 0.25) is 0 Å². The van der Waals surface area contributed by atoms with Crippen molar-refractivity contribution in [2.24, 2.45) is 18.2 Å². The van der Waals surface area contributed by atoms with Gasteiger partial charge in [-0.05, 0) is 49.3 Å². The Morgan fingerprint density at radius 2 is 2.04 bits per heavy atom. The van der Waals surface area contributed by atoms with Crippen molar-refractivity contribution < 1.29 is 0 Å². The van der Waals surface area contributed by atoms with E-state index in [-0.39, 0.29) is 17.0 Å². The van der Waals surface area contributed by atoms with Crippen molar-refractivity contribution >= 4 is 16.9 Å². The molecule has 1 saturated heterocycles. The molecule has 5 nitrogen and oxygen atoms in total. The number of nitrogens with two attached hydrogens (primary N) is 1. The van der Waals surface area contributed by atoms with E-state index in [1.807, 2.05) is 33.0 Å². The van der Waals surface area contributed by atoms with Gasteiger partial charge in [0.25, 0.3) is 5.56 Å². The monoisotopic (exact) mass is 328 g/mol. The van der Waals surface area contributed by atoms with E-state index in [1.54, 1.807) is 4.57 Å². The van der Waals surface area contributed by atoms with Crippen molar-refractivity contribution in [2.45, 2.75) is 46.6 Å². The molecule has 0 spiro atoms. The highest BCUT2D eigenvalue weighted by Gasteiger charge is 2.29. The van der Waals surface area contributed by atoms with Crippen LogP contribution in [0.1, 0.15) is 50.8 Å². The van der Waals surface area contributed by atoms with Gasteiger partial charge in [0.2, 0.25) is 5.95 Å². The summed E-state index contributed by atoms with van der Waals surface area (Å²) in [6.45, 7) is 10.3. The van der Waals surface area contributed by atoms with Gasteiger partial charge in [-0.25, -0.2) is 4.98 Å². The fourth-order valence-electron chi connectivity index (χ4n) is 3.77. The van der Waals surface area contributed by atoms with Gasteiger partial charge in [0.05, 0.1) is 10.9 Å². The zero-order valence-corrected chi connectivity index (χ0v) is 15.4. The molecular formula is C19H28N4O. The van der Waals surface area contributed by atoms with Crippen LogP contribution in [-0.4, -0.2) is 22.6 Å². The van der Waals surface area contributed by atoms with Crippen molar-refractivity contribution in [2.75, 3.05) is 18.0 Å². The van der Waals surface area contributed by atoms with Gasteiger partial charge >= 0.3 is 0 Å². The molecule has 2 N–H and O–H groups in total. The lowest BCUT2D eigenvalue weighted by Crippen LogP contribution is -2.43. The lowest BCUT2D eigenvalue weighted by Gasteiger charge is -2.39. The molecule has 0 radical (unpaired) electrons. The summed E-state index contributed by atoms with van der Waals surface area (Å²) in [5.74, 6) is 0.756. The van der Waals surface area contributed by atoms with E-state index in [2.05, 4.69) is 18.7 Å². The number of nitrogens with zero attached hydrogens (tertiary/aromatic N) is 3. The number of anilines is 1. The normalized spacial score (nSPS) is 18.8. The average Bonchev–Trinajstić information content (AvgIpc) is 2.49. The fourth-order valence-corrected chi connectivity index (χ4v) is 3.77. The van der Waals surface area contributed by atoms with Crippen molar-refractivity contribution in [3.05, 3.63) is 33.6 Å². The second-order valence-electron chi connectivity index (χ2n) is 8.00. The zero-order chi connectivity index (χ0) is 17.6. The number of hydrogen-bond donors (Lipinski definition) is 1. The second kappa shape index (κ2) is 5.88. The number of piperidine rings is 1. The molecule has 0 bridgehead atoms. The lowest BCUT2D eigenvalue weighted by molar-refractivity contribution is 0.289. The standard InChI is InChI=1S/C19H28N4O/c1-12-9-14(13(2)20)16-15(10-12)17(24)22(5)18(21-16)23-8-6-7-19(3,4)11-23/h9-10,13H,6-8,11,20H2,1-5H3. The number of hydrogen-bond acceptors (Lipinski definition) is 4. The summed E-state index contributed by atoms with van der Waals surface area (Å²) in [7, 11) is 1.82. The molecule has 1 fully saturated rings. The van der Waals surface area contributed by atoms with E-state index in [1.165, 1.54) is 6.42 Å². The van der Waals surface area contributed by atoms with Crippen molar-refractivity contribution in [3.63, 3.8) is 0 Å². The molecule has 1 aliphatic heterocycles. The third kappa shape index (κ3) is 2.93. The topological polar surface area (TPSA) is 64.2 Å². The molecule has 0 aliphatic carbocycles. The van der Waals surface area contributed by atoms with Gasteiger partial charge < -0.3 is 10.6 Å². The summed E-state index contributed by atoms with van der Waals surface area (Å²) in [5, 5.41) is 0.657. The predicted octanol–water partition coefficient (Wildman–Crippen LogP) is 2.89.